The lowest BCUT2D eigenvalue weighted by molar-refractivity contribution is -0.388. The van der Waals surface area contributed by atoms with Crippen LogP contribution in [0.1, 0.15) is 17.7 Å². The van der Waals surface area contributed by atoms with Gasteiger partial charge < -0.3 is 0 Å². The molecule has 0 saturated carbocycles. The number of alkyl halides is 2. The van der Waals surface area contributed by atoms with Gasteiger partial charge in [0.1, 0.15) is 5.69 Å². The fourth-order valence-corrected chi connectivity index (χ4v) is 1.03. The maximum absolute atomic E-state index is 12.8. The molecular formula is C7H5F3N2O2. The lowest BCUT2D eigenvalue weighted by Gasteiger charge is -2.03. The summed E-state index contributed by atoms with van der Waals surface area (Å²) in [6.07, 6.45) is -2.53. The number of hydrogen-bond donors (Lipinski definition) is 0. The summed E-state index contributed by atoms with van der Waals surface area (Å²) in [7, 11) is 0. The minimum Gasteiger partial charge on any atom is -0.258 e. The third kappa shape index (κ3) is 1.66. The van der Waals surface area contributed by atoms with Crippen molar-refractivity contribution in [2.24, 2.45) is 0 Å². The van der Waals surface area contributed by atoms with Crippen LogP contribution in [0.15, 0.2) is 6.20 Å². The van der Waals surface area contributed by atoms with E-state index in [1.807, 2.05) is 0 Å². The van der Waals surface area contributed by atoms with Gasteiger partial charge in [0.05, 0.1) is 16.7 Å². The van der Waals surface area contributed by atoms with Gasteiger partial charge in [-0.1, -0.05) is 0 Å². The molecule has 14 heavy (non-hydrogen) atoms. The molecule has 0 aliphatic carbocycles. The van der Waals surface area contributed by atoms with Gasteiger partial charge in [-0.2, -0.15) is 4.39 Å². The highest BCUT2D eigenvalue weighted by Gasteiger charge is 2.25. The number of nitro groups is 1. The van der Waals surface area contributed by atoms with Gasteiger partial charge in [0.15, 0.2) is 0 Å². The third-order valence-corrected chi connectivity index (χ3v) is 1.67. The fourth-order valence-electron chi connectivity index (χ4n) is 1.03. The molecule has 0 unspecified atom stereocenters. The Kier molecular flexibility index (Phi) is 2.68. The summed E-state index contributed by atoms with van der Waals surface area (Å²) in [5.74, 6) is -1.21. The van der Waals surface area contributed by atoms with Gasteiger partial charge in [-0.05, 0) is 6.92 Å². The number of halogens is 3. The Hall–Kier alpha value is -1.66. The number of hydrogen-bond acceptors (Lipinski definition) is 3. The zero-order valence-electron chi connectivity index (χ0n) is 7.00. The summed E-state index contributed by atoms with van der Waals surface area (Å²) in [5.41, 5.74) is -2.15. The molecular weight excluding hydrogens is 201 g/mol. The maximum atomic E-state index is 12.8. The number of pyridine rings is 1. The monoisotopic (exact) mass is 206 g/mol. The standard InChI is InChI=1S/C7H5F3N2O2/c1-3-5(7(9)10)11-2-4(8)6(3)12(13)14/h2,7H,1H3. The predicted octanol–water partition coefficient (Wildman–Crippen LogP) is 2.37. The van der Waals surface area contributed by atoms with Crippen molar-refractivity contribution in [1.82, 2.24) is 4.98 Å². The van der Waals surface area contributed by atoms with E-state index in [9.17, 15) is 23.3 Å². The van der Waals surface area contributed by atoms with Gasteiger partial charge in [-0.25, -0.2) is 8.78 Å². The molecule has 76 valence electrons. The molecule has 1 aromatic rings. The van der Waals surface area contributed by atoms with Crippen LogP contribution >= 0.6 is 0 Å². The zero-order valence-corrected chi connectivity index (χ0v) is 7.00. The van der Waals surface area contributed by atoms with E-state index in [0.29, 0.717) is 6.20 Å². The van der Waals surface area contributed by atoms with Crippen LogP contribution in [-0.2, 0) is 0 Å². The molecule has 0 aliphatic heterocycles. The molecule has 0 atom stereocenters. The maximum Gasteiger partial charge on any atom is 0.311 e. The van der Waals surface area contributed by atoms with Crippen molar-refractivity contribution >= 4 is 5.69 Å². The summed E-state index contributed by atoms with van der Waals surface area (Å²) >= 11 is 0. The number of rotatable bonds is 2. The van der Waals surface area contributed by atoms with Crippen molar-refractivity contribution in [3.63, 3.8) is 0 Å². The molecule has 0 radical (unpaired) electrons. The lowest BCUT2D eigenvalue weighted by Crippen LogP contribution is -2.02. The zero-order chi connectivity index (χ0) is 10.9. The molecule has 0 N–H and O–H groups in total. The Labute approximate surface area is 76.5 Å². The highest BCUT2D eigenvalue weighted by molar-refractivity contribution is 5.42. The second-order valence-electron chi connectivity index (χ2n) is 2.52. The minimum absolute atomic E-state index is 0.423. The molecule has 0 amide bonds. The van der Waals surface area contributed by atoms with Crippen LogP contribution in [0.25, 0.3) is 0 Å². The van der Waals surface area contributed by atoms with Crippen molar-refractivity contribution in [1.29, 1.82) is 0 Å². The van der Waals surface area contributed by atoms with E-state index in [1.54, 1.807) is 0 Å². The summed E-state index contributed by atoms with van der Waals surface area (Å²) < 4.78 is 37.2. The Morgan fingerprint density at radius 1 is 1.57 bits per heavy atom. The molecule has 7 heteroatoms. The Balaban J connectivity index is 3.41. The third-order valence-electron chi connectivity index (χ3n) is 1.67. The van der Waals surface area contributed by atoms with E-state index in [2.05, 4.69) is 4.98 Å². The Morgan fingerprint density at radius 3 is 2.57 bits per heavy atom. The summed E-state index contributed by atoms with van der Waals surface area (Å²) in [6.45, 7) is 1.04. The topological polar surface area (TPSA) is 56.0 Å². The number of aromatic nitrogens is 1. The van der Waals surface area contributed by atoms with E-state index < -0.39 is 34.1 Å². The summed E-state index contributed by atoms with van der Waals surface area (Å²) in [6, 6.07) is 0. The summed E-state index contributed by atoms with van der Waals surface area (Å²) in [5, 5.41) is 10.3. The van der Waals surface area contributed by atoms with E-state index in [4.69, 9.17) is 0 Å². The van der Waals surface area contributed by atoms with Crippen molar-refractivity contribution < 1.29 is 18.1 Å². The highest BCUT2D eigenvalue weighted by atomic mass is 19.3. The molecule has 4 nitrogen and oxygen atoms in total. The fraction of sp³-hybridized carbons (Fsp3) is 0.286. The van der Waals surface area contributed by atoms with Crippen LogP contribution < -0.4 is 0 Å². The van der Waals surface area contributed by atoms with Crippen molar-refractivity contribution in [2.75, 3.05) is 0 Å². The van der Waals surface area contributed by atoms with Crippen LogP contribution in [-0.4, -0.2) is 9.91 Å². The molecule has 0 fully saturated rings. The average molecular weight is 206 g/mol. The first-order valence-electron chi connectivity index (χ1n) is 3.52. The van der Waals surface area contributed by atoms with Crippen molar-refractivity contribution in [2.45, 2.75) is 13.3 Å². The molecule has 1 rings (SSSR count). The lowest BCUT2D eigenvalue weighted by atomic mass is 10.2. The van der Waals surface area contributed by atoms with E-state index >= 15 is 0 Å². The molecule has 0 aliphatic rings. The molecule has 0 spiro atoms. The van der Waals surface area contributed by atoms with Gasteiger partial charge in [-0.3, -0.25) is 15.1 Å². The first-order chi connectivity index (χ1) is 6.45. The van der Waals surface area contributed by atoms with Crippen LogP contribution in [0.3, 0.4) is 0 Å². The molecule has 0 saturated heterocycles. The first-order valence-corrected chi connectivity index (χ1v) is 3.52. The largest absolute Gasteiger partial charge is 0.311 e. The van der Waals surface area contributed by atoms with Crippen LogP contribution in [0.2, 0.25) is 0 Å². The van der Waals surface area contributed by atoms with Gasteiger partial charge >= 0.3 is 5.69 Å². The van der Waals surface area contributed by atoms with Crippen LogP contribution in [0.4, 0.5) is 18.9 Å². The summed E-state index contributed by atoms with van der Waals surface area (Å²) in [4.78, 5) is 12.4. The average Bonchev–Trinajstić information content (AvgIpc) is 2.02. The number of nitrogens with zero attached hydrogens (tertiary/aromatic N) is 2. The van der Waals surface area contributed by atoms with Gasteiger partial charge in [0, 0.05) is 0 Å². The van der Waals surface area contributed by atoms with E-state index in [-0.39, 0.29) is 0 Å². The normalized spacial score (nSPS) is 10.6. The van der Waals surface area contributed by atoms with E-state index in [1.165, 1.54) is 0 Å². The van der Waals surface area contributed by atoms with Crippen LogP contribution in [0.5, 0.6) is 0 Å². The molecule has 1 aromatic heterocycles. The minimum atomic E-state index is -2.95. The second kappa shape index (κ2) is 3.60. The second-order valence-corrected chi connectivity index (χ2v) is 2.52. The quantitative estimate of drug-likeness (QED) is 0.551. The molecule has 0 aromatic carbocycles. The van der Waals surface area contributed by atoms with Gasteiger partial charge in [-0.15, -0.1) is 0 Å². The smallest absolute Gasteiger partial charge is 0.258 e. The Morgan fingerprint density at radius 2 is 2.14 bits per heavy atom. The predicted molar refractivity (Wildman–Crippen MR) is 40.5 cm³/mol. The first kappa shape index (κ1) is 10.4. The van der Waals surface area contributed by atoms with Crippen molar-refractivity contribution in [3.05, 3.63) is 33.4 Å². The van der Waals surface area contributed by atoms with Gasteiger partial charge in [0.25, 0.3) is 6.43 Å². The van der Waals surface area contributed by atoms with Gasteiger partial charge in [0.2, 0.25) is 5.82 Å². The molecule has 0 bridgehead atoms. The Bertz CT molecular complexity index is 381. The highest BCUT2D eigenvalue weighted by Crippen LogP contribution is 2.28. The van der Waals surface area contributed by atoms with Crippen LogP contribution in [0, 0.1) is 22.9 Å². The SMILES string of the molecule is Cc1c(C(F)F)ncc(F)c1[N+](=O)[O-]. The van der Waals surface area contributed by atoms with E-state index in [0.717, 1.165) is 6.92 Å². The molecule has 1 heterocycles. The van der Waals surface area contributed by atoms with Crippen molar-refractivity contribution in [3.8, 4) is 0 Å².